The summed E-state index contributed by atoms with van der Waals surface area (Å²) < 4.78 is -2.11. The lowest BCUT2D eigenvalue weighted by Crippen LogP contribution is -2.34. The zero-order valence-corrected chi connectivity index (χ0v) is 17.5. The number of nitro benzene ring substituents is 1. The fourth-order valence-electron chi connectivity index (χ4n) is 2.10. The molecule has 2 aromatic rings. The molecule has 2 aromatic carbocycles. The number of hydrogen-bond acceptors (Lipinski definition) is 4. The molecule has 28 heavy (non-hydrogen) atoms. The van der Waals surface area contributed by atoms with Crippen molar-refractivity contribution in [3.8, 4) is 0 Å². The Bertz CT molecular complexity index is 895. The number of hydrogen-bond donors (Lipinski definition) is 1. The topological polar surface area (TPSA) is 72.2 Å². The van der Waals surface area contributed by atoms with Crippen LogP contribution in [0.4, 0.5) is 5.69 Å². The van der Waals surface area contributed by atoms with Gasteiger partial charge in [-0.3, -0.25) is 14.9 Å². The molecule has 9 heteroatoms. The third-order valence-electron chi connectivity index (χ3n) is 3.47. The largest absolute Gasteiger partial charge is 0.325 e. The van der Waals surface area contributed by atoms with E-state index < -0.39 is 14.6 Å². The highest BCUT2D eigenvalue weighted by Gasteiger charge is 2.31. The van der Waals surface area contributed by atoms with Gasteiger partial charge in [0.2, 0.25) is 0 Å². The van der Waals surface area contributed by atoms with Gasteiger partial charge in [0, 0.05) is 28.5 Å². The first-order valence-electron chi connectivity index (χ1n) is 7.87. The highest BCUT2D eigenvalue weighted by molar-refractivity contribution is 7.99. The van der Waals surface area contributed by atoms with Gasteiger partial charge in [-0.2, -0.15) is 0 Å². The van der Waals surface area contributed by atoms with E-state index in [1.807, 2.05) is 30.3 Å². The molecule has 0 saturated carbocycles. The fourth-order valence-corrected chi connectivity index (χ4v) is 3.07. The number of nitro groups is 1. The second-order valence-corrected chi connectivity index (χ2v) is 8.88. The zero-order chi connectivity index (χ0) is 20.7. The Morgan fingerprint density at radius 1 is 1.14 bits per heavy atom. The number of nitrogens with zero attached hydrogens (tertiary/aromatic N) is 1. The molecule has 0 saturated heterocycles. The van der Waals surface area contributed by atoms with Crippen LogP contribution < -0.4 is 5.32 Å². The monoisotopic (exact) mass is 456 g/mol. The van der Waals surface area contributed by atoms with Crippen LogP contribution in [-0.4, -0.2) is 20.4 Å². The van der Waals surface area contributed by atoms with Crippen molar-refractivity contribution in [2.75, 3.05) is 5.75 Å². The second-order valence-electron chi connectivity index (χ2n) is 5.55. The van der Waals surface area contributed by atoms with Gasteiger partial charge in [0.05, 0.1) is 4.92 Å². The second kappa shape index (κ2) is 9.98. The predicted octanol–water partition coefficient (Wildman–Crippen LogP) is 5.77. The van der Waals surface area contributed by atoms with Gasteiger partial charge in [-0.15, -0.1) is 11.8 Å². The summed E-state index contributed by atoms with van der Waals surface area (Å²) in [6.07, 6.45) is 1.64. The quantitative estimate of drug-likeness (QED) is 0.188. The molecule has 0 aliphatic rings. The number of carbonyl (C=O) groups is 1. The highest BCUT2D eigenvalue weighted by atomic mass is 35.6. The van der Waals surface area contributed by atoms with Crippen molar-refractivity contribution in [3.63, 3.8) is 0 Å². The number of amides is 1. The minimum Gasteiger partial charge on any atom is -0.325 e. The molecule has 0 radical (unpaired) electrons. The van der Waals surface area contributed by atoms with Gasteiger partial charge in [-0.25, -0.2) is 0 Å². The first-order valence-corrected chi connectivity index (χ1v) is 9.99. The van der Waals surface area contributed by atoms with Gasteiger partial charge in [0.1, 0.15) is 0 Å². The molecule has 5 nitrogen and oxygen atoms in total. The number of halogens is 3. The Hall–Kier alpha value is -1.99. The van der Waals surface area contributed by atoms with Crippen molar-refractivity contribution >= 4 is 63.7 Å². The summed E-state index contributed by atoms with van der Waals surface area (Å²) in [5.74, 6) is -0.392. The molecule has 0 spiro atoms. The molecule has 0 heterocycles. The third kappa shape index (κ3) is 6.87. The highest BCUT2D eigenvalue weighted by Crippen LogP contribution is 2.28. The Morgan fingerprint density at radius 2 is 1.75 bits per heavy atom. The van der Waals surface area contributed by atoms with E-state index in [-0.39, 0.29) is 5.69 Å². The molecule has 2 rings (SSSR count). The normalized spacial score (nSPS) is 11.8. The van der Waals surface area contributed by atoms with Crippen molar-refractivity contribution in [1.29, 1.82) is 0 Å². The summed E-state index contributed by atoms with van der Waals surface area (Å²) in [4.78, 5) is 23.4. The number of allylic oxidation sites excluding steroid dienone is 2. The number of thioether (sulfide) groups is 1. The number of alkyl halides is 3. The molecule has 0 fully saturated rings. The van der Waals surface area contributed by atoms with E-state index in [0.29, 0.717) is 22.6 Å². The van der Waals surface area contributed by atoms with Crippen molar-refractivity contribution in [2.24, 2.45) is 0 Å². The van der Waals surface area contributed by atoms with Gasteiger partial charge in [0.25, 0.3) is 15.4 Å². The van der Waals surface area contributed by atoms with Crippen LogP contribution in [0.15, 0.2) is 77.8 Å². The van der Waals surface area contributed by atoms with Crippen molar-refractivity contribution in [2.45, 2.75) is 8.69 Å². The van der Waals surface area contributed by atoms with Gasteiger partial charge < -0.3 is 5.32 Å². The van der Waals surface area contributed by atoms with Gasteiger partial charge in [0.15, 0.2) is 0 Å². The molecule has 0 aromatic heterocycles. The lowest BCUT2D eigenvalue weighted by atomic mass is 10.1. The number of nitrogens with one attached hydrogen (secondary N) is 1. The van der Waals surface area contributed by atoms with Gasteiger partial charge >= 0.3 is 0 Å². The van der Waals surface area contributed by atoms with Crippen LogP contribution in [0.25, 0.3) is 5.57 Å². The van der Waals surface area contributed by atoms with Crippen molar-refractivity contribution in [3.05, 3.63) is 88.6 Å². The summed E-state index contributed by atoms with van der Waals surface area (Å²) in [6.45, 7) is 3.96. The van der Waals surface area contributed by atoms with Crippen LogP contribution in [0.3, 0.4) is 0 Å². The third-order valence-corrected chi connectivity index (χ3v) is 5.04. The average molecular weight is 458 g/mol. The summed E-state index contributed by atoms with van der Waals surface area (Å²) in [7, 11) is 0. The summed E-state index contributed by atoms with van der Waals surface area (Å²) >= 11 is 18.4. The standard InChI is InChI=1S/C19H15Cl3N2O3S/c1-13(14-7-9-16(10-8-14)24(26)27)11-15(23-18(25)19(20,21)22)12-28-17-5-3-2-4-6-17/h2-11H,1,12H2,(H,23,25)/b15-11-. The minimum atomic E-state index is -2.11. The van der Waals surface area contributed by atoms with Crippen LogP contribution in [-0.2, 0) is 4.79 Å². The number of carbonyl (C=O) groups excluding carboxylic acids is 1. The molecule has 1 N–H and O–H groups in total. The van der Waals surface area contributed by atoms with E-state index in [9.17, 15) is 14.9 Å². The minimum absolute atomic E-state index is 0.0232. The van der Waals surface area contributed by atoms with Gasteiger partial charge in [-0.1, -0.05) is 59.6 Å². The molecular weight excluding hydrogens is 443 g/mol. The number of benzene rings is 2. The van der Waals surface area contributed by atoms with Gasteiger partial charge in [-0.05, 0) is 41.5 Å². The first kappa shape index (κ1) is 22.3. The maximum absolute atomic E-state index is 12.1. The van der Waals surface area contributed by atoms with E-state index in [2.05, 4.69) is 11.9 Å². The Kier molecular flexibility index (Phi) is 7.95. The van der Waals surface area contributed by atoms with Crippen molar-refractivity contribution < 1.29 is 9.72 Å². The van der Waals surface area contributed by atoms with Crippen LogP contribution in [0, 0.1) is 10.1 Å². The average Bonchev–Trinajstić information content (AvgIpc) is 2.66. The summed E-state index contributed by atoms with van der Waals surface area (Å²) in [6, 6.07) is 15.5. The first-order chi connectivity index (χ1) is 13.2. The Labute approximate surface area is 181 Å². The smallest absolute Gasteiger partial charge is 0.276 e. The Morgan fingerprint density at radius 3 is 2.29 bits per heavy atom. The fraction of sp³-hybridized carbons (Fsp3) is 0.105. The lowest BCUT2D eigenvalue weighted by molar-refractivity contribution is -0.384. The molecule has 0 aliphatic heterocycles. The van der Waals surface area contributed by atoms with E-state index in [4.69, 9.17) is 34.8 Å². The molecule has 0 atom stereocenters. The predicted molar refractivity (Wildman–Crippen MR) is 116 cm³/mol. The molecule has 0 aliphatic carbocycles. The van der Waals surface area contributed by atoms with Crippen molar-refractivity contribution in [1.82, 2.24) is 5.32 Å². The summed E-state index contributed by atoms with van der Waals surface area (Å²) in [5.41, 5.74) is 1.66. The molecule has 1 amide bonds. The van der Waals surface area contributed by atoms with Crippen LogP contribution >= 0.6 is 46.6 Å². The molecule has 146 valence electrons. The maximum Gasteiger partial charge on any atom is 0.276 e. The van der Waals surface area contributed by atoms with Crippen LogP contribution in [0.2, 0.25) is 0 Å². The van der Waals surface area contributed by atoms with E-state index in [1.165, 1.54) is 23.9 Å². The number of rotatable bonds is 7. The SMILES string of the molecule is C=C(/C=C(/CSc1ccccc1)NC(=O)C(Cl)(Cl)Cl)c1ccc([N+](=O)[O-])cc1. The van der Waals surface area contributed by atoms with E-state index in [0.717, 1.165) is 4.90 Å². The van der Waals surface area contributed by atoms with Crippen LogP contribution in [0.1, 0.15) is 5.56 Å². The molecule has 0 bridgehead atoms. The molecular formula is C19H15Cl3N2O3S. The Balaban J connectivity index is 2.21. The zero-order valence-electron chi connectivity index (χ0n) is 14.4. The summed E-state index contributed by atoms with van der Waals surface area (Å²) in [5, 5.41) is 13.4. The lowest BCUT2D eigenvalue weighted by Gasteiger charge is -2.15. The van der Waals surface area contributed by atoms with E-state index in [1.54, 1.807) is 18.2 Å². The van der Waals surface area contributed by atoms with Crippen LogP contribution in [0.5, 0.6) is 0 Å². The van der Waals surface area contributed by atoms with E-state index >= 15 is 0 Å². The number of non-ortho nitro benzene ring substituents is 1. The molecule has 0 unspecified atom stereocenters. The maximum atomic E-state index is 12.1.